The van der Waals surface area contributed by atoms with Crippen LogP contribution in [0.5, 0.6) is 0 Å². The van der Waals surface area contributed by atoms with E-state index in [-0.39, 0.29) is 12.2 Å². The van der Waals surface area contributed by atoms with Crippen LogP contribution in [0.4, 0.5) is 5.69 Å². The van der Waals surface area contributed by atoms with Crippen LogP contribution in [-0.4, -0.2) is 9.49 Å². The first-order valence-electron chi connectivity index (χ1n) is 4.32. The fourth-order valence-electron chi connectivity index (χ4n) is 1.50. The first-order valence-corrected chi connectivity index (χ1v) is 4.32. The second kappa shape index (κ2) is 3.42. The molecule has 0 amide bonds. The van der Waals surface area contributed by atoms with Crippen LogP contribution in [0.25, 0.3) is 10.9 Å². The van der Waals surface area contributed by atoms with Crippen LogP contribution in [0, 0.1) is 21.4 Å². The van der Waals surface area contributed by atoms with Gasteiger partial charge in [-0.1, -0.05) is 0 Å². The van der Waals surface area contributed by atoms with E-state index in [1.807, 2.05) is 12.1 Å². The van der Waals surface area contributed by atoms with Gasteiger partial charge in [0.05, 0.1) is 16.5 Å². The minimum atomic E-state index is -0.441. The molecule has 15 heavy (non-hydrogen) atoms. The van der Waals surface area contributed by atoms with Crippen LogP contribution >= 0.6 is 0 Å². The third-order valence-corrected chi connectivity index (χ3v) is 2.21. The van der Waals surface area contributed by atoms with E-state index < -0.39 is 4.92 Å². The minimum Gasteiger partial charge on any atom is -0.333 e. The summed E-state index contributed by atoms with van der Waals surface area (Å²) in [4.78, 5) is 10.1. The van der Waals surface area contributed by atoms with Gasteiger partial charge in [-0.3, -0.25) is 10.1 Å². The van der Waals surface area contributed by atoms with Crippen molar-refractivity contribution in [1.82, 2.24) is 4.57 Å². The second-order valence-electron chi connectivity index (χ2n) is 3.10. The van der Waals surface area contributed by atoms with Crippen molar-refractivity contribution in [2.24, 2.45) is 0 Å². The summed E-state index contributed by atoms with van der Waals surface area (Å²) >= 11 is 0. The number of fused-ring (bicyclic) bond motifs is 1. The lowest BCUT2D eigenvalue weighted by molar-refractivity contribution is -0.384. The van der Waals surface area contributed by atoms with Crippen LogP contribution in [-0.2, 0) is 6.54 Å². The highest BCUT2D eigenvalue weighted by atomic mass is 16.6. The number of rotatable bonds is 2. The van der Waals surface area contributed by atoms with Gasteiger partial charge in [-0.25, -0.2) is 0 Å². The van der Waals surface area contributed by atoms with E-state index in [1.54, 1.807) is 16.8 Å². The Balaban J connectivity index is 2.62. The molecular formula is C10H7N3O2. The largest absolute Gasteiger partial charge is 0.333 e. The Morgan fingerprint density at radius 2 is 2.27 bits per heavy atom. The van der Waals surface area contributed by atoms with E-state index in [1.165, 1.54) is 12.1 Å². The molecule has 1 heterocycles. The molecule has 5 heteroatoms. The predicted molar refractivity (Wildman–Crippen MR) is 54.2 cm³/mol. The van der Waals surface area contributed by atoms with Crippen LogP contribution in [0.2, 0.25) is 0 Å². The third kappa shape index (κ3) is 1.53. The van der Waals surface area contributed by atoms with Crippen molar-refractivity contribution in [3.63, 3.8) is 0 Å². The lowest BCUT2D eigenvalue weighted by Crippen LogP contribution is -1.93. The first-order chi connectivity index (χ1) is 7.22. The van der Waals surface area contributed by atoms with E-state index in [0.29, 0.717) is 5.52 Å². The topological polar surface area (TPSA) is 71.9 Å². The van der Waals surface area contributed by atoms with Gasteiger partial charge in [0.2, 0.25) is 0 Å². The number of benzene rings is 1. The molecule has 0 bridgehead atoms. The number of hydrogen-bond acceptors (Lipinski definition) is 3. The van der Waals surface area contributed by atoms with E-state index in [0.717, 1.165) is 5.39 Å². The Kier molecular flexibility index (Phi) is 2.10. The molecule has 0 atom stereocenters. The number of nitro benzene ring substituents is 1. The second-order valence-corrected chi connectivity index (χ2v) is 3.10. The number of hydrogen-bond donors (Lipinski definition) is 0. The maximum absolute atomic E-state index is 10.6. The Bertz CT molecular complexity index is 566. The van der Waals surface area contributed by atoms with Crippen molar-refractivity contribution in [2.45, 2.75) is 6.54 Å². The fraction of sp³-hybridized carbons (Fsp3) is 0.100. The number of aromatic nitrogens is 1. The molecule has 0 saturated carbocycles. The summed E-state index contributed by atoms with van der Waals surface area (Å²) in [7, 11) is 0. The molecule has 2 rings (SSSR count). The lowest BCUT2D eigenvalue weighted by Gasteiger charge is -1.98. The molecule has 0 saturated heterocycles. The maximum atomic E-state index is 10.6. The molecule has 1 aromatic heterocycles. The normalized spacial score (nSPS) is 10.1. The highest BCUT2D eigenvalue weighted by molar-refractivity contribution is 5.82. The van der Waals surface area contributed by atoms with Crippen LogP contribution in [0.15, 0.2) is 30.5 Å². The van der Waals surface area contributed by atoms with Crippen LogP contribution < -0.4 is 0 Å². The van der Waals surface area contributed by atoms with Gasteiger partial charge in [-0.15, -0.1) is 0 Å². The molecule has 0 unspecified atom stereocenters. The van der Waals surface area contributed by atoms with Gasteiger partial charge in [0.1, 0.15) is 6.54 Å². The molecule has 74 valence electrons. The van der Waals surface area contributed by atoms with Crippen molar-refractivity contribution in [1.29, 1.82) is 5.26 Å². The Morgan fingerprint density at radius 1 is 1.47 bits per heavy atom. The van der Waals surface area contributed by atoms with Gasteiger partial charge >= 0.3 is 0 Å². The molecule has 0 spiro atoms. The van der Waals surface area contributed by atoms with Gasteiger partial charge in [-0.05, 0) is 12.1 Å². The van der Waals surface area contributed by atoms with E-state index in [2.05, 4.69) is 0 Å². The van der Waals surface area contributed by atoms with Crippen molar-refractivity contribution in [3.05, 3.63) is 40.6 Å². The molecule has 0 aliphatic carbocycles. The number of nitrogens with zero attached hydrogens (tertiary/aromatic N) is 3. The predicted octanol–water partition coefficient (Wildman–Crippen LogP) is 2.07. The first kappa shape index (κ1) is 9.21. The number of nitriles is 1. The average molecular weight is 201 g/mol. The summed E-state index contributed by atoms with van der Waals surface area (Å²) in [5, 5.41) is 20.0. The zero-order chi connectivity index (χ0) is 10.8. The highest BCUT2D eigenvalue weighted by Gasteiger charge is 2.08. The average Bonchev–Trinajstić information content (AvgIpc) is 2.61. The van der Waals surface area contributed by atoms with Crippen LogP contribution in [0.3, 0.4) is 0 Å². The molecular weight excluding hydrogens is 194 g/mol. The standard InChI is InChI=1S/C10H7N3O2/c11-4-6-12-5-3-8-1-2-9(13(14)15)7-10(8)12/h1-3,5,7H,6H2. The van der Waals surface area contributed by atoms with Crippen molar-refractivity contribution >= 4 is 16.6 Å². The summed E-state index contributed by atoms with van der Waals surface area (Å²) < 4.78 is 1.68. The summed E-state index contributed by atoms with van der Waals surface area (Å²) in [6.45, 7) is 0.199. The molecule has 2 aromatic rings. The maximum Gasteiger partial charge on any atom is 0.271 e. The van der Waals surface area contributed by atoms with Gasteiger partial charge in [0, 0.05) is 23.7 Å². The van der Waals surface area contributed by atoms with Gasteiger partial charge in [0.25, 0.3) is 5.69 Å². The Morgan fingerprint density at radius 3 is 2.93 bits per heavy atom. The number of non-ortho nitro benzene ring substituents is 1. The SMILES string of the molecule is N#CCn1ccc2ccc([N+](=O)[O-])cc21. The van der Waals surface area contributed by atoms with Crippen molar-refractivity contribution in [3.8, 4) is 6.07 Å². The molecule has 1 aromatic carbocycles. The van der Waals surface area contributed by atoms with Gasteiger partial charge < -0.3 is 4.57 Å². The van der Waals surface area contributed by atoms with Crippen LogP contribution in [0.1, 0.15) is 0 Å². The summed E-state index contributed by atoms with van der Waals surface area (Å²) in [6.07, 6.45) is 1.75. The monoisotopic (exact) mass is 201 g/mol. The third-order valence-electron chi connectivity index (χ3n) is 2.21. The summed E-state index contributed by atoms with van der Waals surface area (Å²) in [5.41, 5.74) is 0.756. The van der Waals surface area contributed by atoms with E-state index in [9.17, 15) is 10.1 Å². The number of nitro groups is 1. The van der Waals surface area contributed by atoms with Crippen molar-refractivity contribution < 1.29 is 4.92 Å². The highest BCUT2D eigenvalue weighted by Crippen LogP contribution is 2.21. The van der Waals surface area contributed by atoms with E-state index >= 15 is 0 Å². The quantitative estimate of drug-likeness (QED) is 0.551. The Hall–Kier alpha value is -2.35. The molecule has 0 N–H and O–H groups in total. The molecule has 0 aliphatic rings. The molecule has 0 aliphatic heterocycles. The van der Waals surface area contributed by atoms with Gasteiger partial charge in [-0.2, -0.15) is 5.26 Å². The molecule has 0 radical (unpaired) electrons. The Labute approximate surface area is 85.3 Å². The van der Waals surface area contributed by atoms with E-state index in [4.69, 9.17) is 5.26 Å². The zero-order valence-corrected chi connectivity index (χ0v) is 7.75. The minimum absolute atomic E-state index is 0.0420. The zero-order valence-electron chi connectivity index (χ0n) is 7.75. The lowest BCUT2D eigenvalue weighted by atomic mass is 10.2. The van der Waals surface area contributed by atoms with Crippen molar-refractivity contribution in [2.75, 3.05) is 0 Å². The molecule has 5 nitrogen and oxygen atoms in total. The smallest absolute Gasteiger partial charge is 0.271 e. The summed E-state index contributed by atoms with van der Waals surface area (Å²) in [6, 6.07) is 8.45. The molecule has 0 fully saturated rings. The summed E-state index contributed by atoms with van der Waals surface area (Å²) in [5.74, 6) is 0. The van der Waals surface area contributed by atoms with Gasteiger partial charge in [0.15, 0.2) is 0 Å². The fourth-order valence-corrected chi connectivity index (χ4v) is 1.50.